The maximum atomic E-state index is 12.6. The van der Waals surface area contributed by atoms with Crippen molar-refractivity contribution < 1.29 is 14.3 Å². The van der Waals surface area contributed by atoms with Gasteiger partial charge in [0.25, 0.3) is 11.8 Å². The molecule has 1 aliphatic heterocycles. The van der Waals surface area contributed by atoms with Crippen LogP contribution in [0.1, 0.15) is 56.4 Å². The molecule has 0 atom stereocenters. The first-order valence-corrected chi connectivity index (χ1v) is 12.8. The van der Waals surface area contributed by atoms with Gasteiger partial charge in [0.1, 0.15) is 12.4 Å². The molecule has 2 N–H and O–H groups in total. The van der Waals surface area contributed by atoms with Gasteiger partial charge in [0.05, 0.1) is 0 Å². The van der Waals surface area contributed by atoms with Crippen LogP contribution in [0.2, 0.25) is 0 Å². The van der Waals surface area contributed by atoms with Gasteiger partial charge < -0.3 is 20.3 Å². The Hall–Kier alpha value is -3.30. The van der Waals surface area contributed by atoms with Crippen molar-refractivity contribution in [3.63, 3.8) is 0 Å². The molecule has 35 heavy (non-hydrogen) atoms. The number of aryl methyl sites for hydroxylation is 1. The van der Waals surface area contributed by atoms with E-state index in [0.29, 0.717) is 22.8 Å². The maximum Gasteiger partial charge on any atom is 0.286 e. The summed E-state index contributed by atoms with van der Waals surface area (Å²) in [7, 11) is 0. The average Bonchev–Trinajstić information content (AvgIpc) is 3.20. The van der Waals surface area contributed by atoms with Crippen LogP contribution in [0.15, 0.2) is 48.5 Å². The zero-order valence-electron chi connectivity index (χ0n) is 20.0. The van der Waals surface area contributed by atoms with E-state index in [1.165, 1.54) is 37.0 Å². The Morgan fingerprint density at radius 3 is 2.54 bits per heavy atom. The first kappa shape index (κ1) is 24.8. The first-order valence-electron chi connectivity index (χ1n) is 12.0. The van der Waals surface area contributed by atoms with Gasteiger partial charge in [0.2, 0.25) is 5.01 Å². The minimum Gasteiger partial charge on any atom is -0.486 e. The minimum atomic E-state index is -0.372. The molecule has 0 unspecified atom stereocenters. The number of benzene rings is 2. The molecule has 0 aliphatic carbocycles. The van der Waals surface area contributed by atoms with Crippen molar-refractivity contribution in [3.8, 4) is 5.75 Å². The number of hydrogen-bond donors (Lipinski definition) is 2. The zero-order chi connectivity index (χ0) is 24.5. The van der Waals surface area contributed by atoms with Crippen molar-refractivity contribution in [1.29, 1.82) is 0 Å². The van der Waals surface area contributed by atoms with E-state index < -0.39 is 0 Å². The van der Waals surface area contributed by atoms with Gasteiger partial charge in [-0.25, -0.2) is 0 Å². The van der Waals surface area contributed by atoms with Crippen molar-refractivity contribution in [2.75, 3.05) is 31.5 Å². The molecular formula is C26H31N5O3S. The topological polar surface area (TPSA) is 96.5 Å². The second kappa shape index (κ2) is 12.4. The van der Waals surface area contributed by atoms with Gasteiger partial charge in [0, 0.05) is 24.3 Å². The predicted molar refractivity (Wildman–Crippen MR) is 137 cm³/mol. The van der Waals surface area contributed by atoms with Crippen LogP contribution in [0, 0.1) is 6.92 Å². The first-order chi connectivity index (χ1) is 17.1. The molecular weight excluding hydrogens is 462 g/mol. The Morgan fingerprint density at radius 2 is 1.77 bits per heavy atom. The second-order valence-electron chi connectivity index (χ2n) is 8.65. The quantitative estimate of drug-likeness (QED) is 0.462. The van der Waals surface area contributed by atoms with Crippen LogP contribution >= 0.6 is 11.3 Å². The molecule has 2 heterocycles. The van der Waals surface area contributed by atoms with E-state index in [4.69, 9.17) is 4.74 Å². The Balaban J connectivity index is 1.26. The van der Waals surface area contributed by atoms with Crippen molar-refractivity contribution >= 4 is 28.8 Å². The van der Waals surface area contributed by atoms with E-state index in [9.17, 15) is 9.59 Å². The summed E-state index contributed by atoms with van der Waals surface area (Å²) in [6.45, 7) is 5.91. The average molecular weight is 494 g/mol. The highest BCUT2D eigenvalue weighted by atomic mass is 32.1. The van der Waals surface area contributed by atoms with Crippen LogP contribution in [-0.4, -0.2) is 53.1 Å². The molecule has 3 aromatic rings. The molecule has 1 aliphatic rings. The third-order valence-electron chi connectivity index (χ3n) is 5.84. The highest BCUT2D eigenvalue weighted by molar-refractivity contribution is 7.13. The summed E-state index contributed by atoms with van der Waals surface area (Å²) in [6, 6.07) is 14.6. The lowest BCUT2D eigenvalue weighted by Gasteiger charge is -2.19. The van der Waals surface area contributed by atoms with E-state index in [-0.39, 0.29) is 23.4 Å². The molecule has 4 rings (SSSR count). The molecule has 1 fully saturated rings. The molecule has 1 saturated heterocycles. The van der Waals surface area contributed by atoms with Gasteiger partial charge >= 0.3 is 0 Å². The van der Waals surface area contributed by atoms with Crippen LogP contribution in [0.25, 0.3) is 0 Å². The van der Waals surface area contributed by atoms with Crippen molar-refractivity contribution in [2.45, 2.75) is 39.2 Å². The Labute approximate surface area is 209 Å². The monoisotopic (exact) mass is 493 g/mol. The normalized spacial score (nSPS) is 14.2. The number of carbonyl (C=O) groups excluding carboxylic acids is 2. The van der Waals surface area contributed by atoms with E-state index in [1.807, 2.05) is 31.2 Å². The number of hydrogen-bond acceptors (Lipinski definition) is 7. The van der Waals surface area contributed by atoms with E-state index in [2.05, 4.69) is 25.7 Å². The SMILES string of the molecule is Cc1ccc(OCc2nnc(C(=O)Nc3cccc(C(=O)NCCN4CCCCCC4)c3)s2)cc1. The number of nitrogens with one attached hydrogen (secondary N) is 2. The standard InChI is InChI=1S/C26H31N5O3S/c1-19-9-11-22(12-10-19)34-18-23-29-30-26(35-23)25(33)28-21-8-6-7-20(17-21)24(32)27-13-16-31-14-4-2-3-5-15-31/h6-12,17H,2-5,13-16,18H2,1H3,(H,27,32)(H,28,33). The van der Waals surface area contributed by atoms with Crippen molar-refractivity contribution in [1.82, 2.24) is 20.4 Å². The molecule has 0 radical (unpaired) electrons. The molecule has 1 aromatic heterocycles. The van der Waals surface area contributed by atoms with Crippen LogP contribution in [-0.2, 0) is 6.61 Å². The maximum absolute atomic E-state index is 12.6. The number of aromatic nitrogens is 2. The molecule has 8 nitrogen and oxygen atoms in total. The van der Waals surface area contributed by atoms with Crippen molar-refractivity contribution in [2.24, 2.45) is 0 Å². The number of nitrogens with zero attached hydrogens (tertiary/aromatic N) is 3. The van der Waals surface area contributed by atoms with Gasteiger partial charge in [-0.2, -0.15) is 0 Å². The molecule has 2 amide bonds. The van der Waals surface area contributed by atoms with Gasteiger partial charge in [-0.1, -0.05) is 47.9 Å². The van der Waals surface area contributed by atoms with E-state index in [0.717, 1.165) is 30.9 Å². The van der Waals surface area contributed by atoms with Crippen molar-refractivity contribution in [3.05, 3.63) is 69.7 Å². The molecule has 2 aromatic carbocycles. The lowest BCUT2D eigenvalue weighted by molar-refractivity contribution is 0.0947. The van der Waals surface area contributed by atoms with Crippen LogP contribution in [0.5, 0.6) is 5.75 Å². The van der Waals surface area contributed by atoms with Crippen LogP contribution in [0.3, 0.4) is 0 Å². The Morgan fingerprint density at radius 1 is 1.00 bits per heavy atom. The van der Waals surface area contributed by atoms with Gasteiger partial charge in [-0.3, -0.25) is 9.59 Å². The fraction of sp³-hybridized carbons (Fsp3) is 0.385. The molecule has 9 heteroatoms. The summed E-state index contributed by atoms with van der Waals surface area (Å²) in [5, 5.41) is 14.7. The van der Waals surface area contributed by atoms with Crippen LogP contribution < -0.4 is 15.4 Å². The summed E-state index contributed by atoms with van der Waals surface area (Å²) in [6.07, 6.45) is 5.04. The second-order valence-corrected chi connectivity index (χ2v) is 9.71. The summed E-state index contributed by atoms with van der Waals surface area (Å²) in [5.74, 6) is 0.212. The Bertz CT molecular complexity index is 1120. The molecule has 0 bridgehead atoms. The number of rotatable bonds is 9. The largest absolute Gasteiger partial charge is 0.486 e. The fourth-order valence-electron chi connectivity index (χ4n) is 3.90. The number of ether oxygens (including phenoxy) is 1. The third kappa shape index (κ3) is 7.60. The van der Waals surface area contributed by atoms with Gasteiger partial charge in [-0.15, -0.1) is 10.2 Å². The fourth-order valence-corrected chi connectivity index (χ4v) is 4.54. The molecule has 184 valence electrons. The van der Waals surface area contributed by atoms with Gasteiger partial charge in [-0.05, 0) is 63.2 Å². The van der Waals surface area contributed by atoms with Gasteiger partial charge in [0.15, 0.2) is 5.01 Å². The summed E-state index contributed by atoms with van der Waals surface area (Å²) in [4.78, 5) is 27.7. The number of carbonyl (C=O) groups is 2. The molecule has 0 saturated carbocycles. The number of anilines is 1. The summed E-state index contributed by atoms with van der Waals surface area (Å²) in [5.41, 5.74) is 2.19. The highest BCUT2D eigenvalue weighted by Crippen LogP contribution is 2.18. The number of amides is 2. The summed E-state index contributed by atoms with van der Waals surface area (Å²) < 4.78 is 5.71. The zero-order valence-corrected chi connectivity index (χ0v) is 20.8. The Kier molecular flexibility index (Phi) is 8.80. The minimum absolute atomic E-state index is 0.151. The third-order valence-corrected chi connectivity index (χ3v) is 6.73. The smallest absolute Gasteiger partial charge is 0.286 e. The van der Waals surface area contributed by atoms with E-state index in [1.54, 1.807) is 24.3 Å². The van der Waals surface area contributed by atoms with Crippen LogP contribution in [0.4, 0.5) is 5.69 Å². The molecule has 0 spiro atoms. The summed E-state index contributed by atoms with van der Waals surface area (Å²) >= 11 is 1.18. The predicted octanol–water partition coefficient (Wildman–Crippen LogP) is 4.28. The lowest BCUT2D eigenvalue weighted by Crippen LogP contribution is -2.35. The van der Waals surface area contributed by atoms with E-state index >= 15 is 0 Å². The highest BCUT2D eigenvalue weighted by Gasteiger charge is 2.15. The lowest BCUT2D eigenvalue weighted by atomic mass is 10.2. The number of likely N-dealkylation sites (tertiary alicyclic amines) is 1.